The number of halogens is 4. The predicted molar refractivity (Wildman–Crippen MR) is 103 cm³/mol. The van der Waals surface area contributed by atoms with Crippen LogP contribution in [0.5, 0.6) is 0 Å². The van der Waals surface area contributed by atoms with Gasteiger partial charge in [0, 0.05) is 30.7 Å². The fourth-order valence-electron chi connectivity index (χ4n) is 3.85. The molecule has 3 atom stereocenters. The van der Waals surface area contributed by atoms with E-state index in [9.17, 15) is 13.6 Å². The molecule has 8 heteroatoms. The molecule has 3 N–H and O–H groups in total. The van der Waals surface area contributed by atoms with E-state index in [2.05, 4.69) is 5.32 Å². The maximum absolute atomic E-state index is 13.8. The van der Waals surface area contributed by atoms with Crippen LogP contribution in [0.25, 0.3) is 0 Å². The number of nitrogens with two attached hydrogens (primary N) is 1. The Morgan fingerprint density at radius 1 is 1.15 bits per heavy atom. The van der Waals surface area contributed by atoms with Crippen molar-refractivity contribution < 1.29 is 13.6 Å². The Labute approximate surface area is 165 Å². The third kappa shape index (κ3) is 5.52. The standard InChI is InChI=1S/C18H25F2N3O.2ClH/c19-15-6-2-7-16(20)14(15)11-23-9-3-4-12(10-23)22-18(24)13-5-1-8-17(13)21;;/h2,6-7,12-13,17H,1,3-5,8-11,21H2,(H,22,24);2*1H. The van der Waals surface area contributed by atoms with Crippen molar-refractivity contribution >= 4 is 30.7 Å². The molecule has 1 aliphatic heterocycles. The van der Waals surface area contributed by atoms with Crippen LogP contribution in [0.2, 0.25) is 0 Å². The van der Waals surface area contributed by atoms with Crippen molar-refractivity contribution in [3.8, 4) is 0 Å². The van der Waals surface area contributed by atoms with Crippen molar-refractivity contribution in [3.05, 3.63) is 35.4 Å². The summed E-state index contributed by atoms with van der Waals surface area (Å²) in [5.74, 6) is -1.09. The Bertz CT molecular complexity index is 586. The van der Waals surface area contributed by atoms with Gasteiger partial charge in [0.25, 0.3) is 0 Å². The normalized spacial score (nSPS) is 25.9. The molecule has 1 heterocycles. The van der Waals surface area contributed by atoms with E-state index in [0.717, 1.165) is 38.6 Å². The number of benzene rings is 1. The van der Waals surface area contributed by atoms with Crippen LogP contribution in [-0.2, 0) is 11.3 Å². The Morgan fingerprint density at radius 3 is 2.46 bits per heavy atom. The van der Waals surface area contributed by atoms with Crippen LogP contribution >= 0.6 is 24.8 Å². The van der Waals surface area contributed by atoms with Gasteiger partial charge >= 0.3 is 0 Å². The fraction of sp³-hybridized carbons (Fsp3) is 0.611. The molecule has 0 radical (unpaired) electrons. The molecule has 148 valence electrons. The summed E-state index contributed by atoms with van der Waals surface area (Å²) in [7, 11) is 0. The lowest BCUT2D eigenvalue weighted by Gasteiger charge is -2.34. The number of carbonyl (C=O) groups is 1. The molecule has 0 aromatic heterocycles. The highest BCUT2D eigenvalue weighted by Gasteiger charge is 2.32. The van der Waals surface area contributed by atoms with Gasteiger partial charge in [0.2, 0.25) is 5.91 Å². The highest BCUT2D eigenvalue weighted by atomic mass is 35.5. The first kappa shape index (κ1) is 23.1. The summed E-state index contributed by atoms with van der Waals surface area (Å²) in [6, 6.07) is 3.91. The minimum atomic E-state index is -0.516. The molecule has 0 bridgehead atoms. The van der Waals surface area contributed by atoms with E-state index < -0.39 is 11.6 Å². The van der Waals surface area contributed by atoms with E-state index in [1.807, 2.05) is 4.90 Å². The number of nitrogens with zero attached hydrogens (tertiary/aromatic N) is 1. The van der Waals surface area contributed by atoms with E-state index in [0.29, 0.717) is 6.54 Å². The average Bonchev–Trinajstić information content (AvgIpc) is 2.98. The third-order valence-corrected chi connectivity index (χ3v) is 5.20. The van der Waals surface area contributed by atoms with Crippen LogP contribution in [0.15, 0.2) is 18.2 Å². The Morgan fingerprint density at radius 2 is 1.85 bits per heavy atom. The van der Waals surface area contributed by atoms with Gasteiger partial charge in [-0.15, -0.1) is 24.8 Å². The first-order valence-electron chi connectivity index (χ1n) is 8.76. The van der Waals surface area contributed by atoms with E-state index in [4.69, 9.17) is 5.73 Å². The largest absolute Gasteiger partial charge is 0.352 e. The van der Waals surface area contributed by atoms with Crippen LogP contribution in [0, 0.1) is 17.6 Å². The molecule has 1 aromatic rings. The van der Waals surface area contributed by atoms with Gasteiger partial charge in [-0.25, -0.2) is 8.78 Å². The summed E-state index contributed by atoms with van der Waals surface area (Å²) in [4.78, 5) is 14.4. The Hall–Kier alpha value is -0.950. The van der Waals surface area contributed by atoms with E-state index in [1.165, 1.54) is 18.2 Å². The molecule has 1 saturated carbocycles. The number of rotatable bonds is 4. The fourth-order valence-corrected chi connectivity index (χ4v) is 3.85. The van der Waals surface area contributed by atoms with Gasteiger partial charge in [-0.2, -0.15) is 0 Å². The number of amides is 1. The summed E-state index contributed by atoms with van der Waals surface area (Å²) >= 11 is 0. The minimum Gasteiger partial charge on any atom is -0.352 e. The molecule has 1 amide bonds. The molecule has 1 saturated heterocycles. The molecule has 1 aliphatic carbocycles. The lowest BCUT2D eigenvalue weighted by Crippen LogP contribution is -2.50. The van der Waals surface area contributed by atoms with E-state index in [1.54, 1.807) is 0 Å². The lowest BCUT2D eigenvalue weighted by molar-refractivity contribution is -0.126. The summed E-state index contributed by atoms with van der Waals surface area (Å²) in [5, 5.41) is 3.09. The van der Waals surface area contributed by atoms with Gasteiger partial charge < -0.3 is 11.1 Å². The maximum atomic E-state index is 13.8. The number of hydrogen-bond donors (Lipinski definition) is 2. The second kappa shape index (κ2) is 10.4. The van der Waals surface area contributed by atoms with Crippen molar-refractivity contribution in [2.24, 2.45) is 11.7 Å². The third-order valence-electron chi connectivity index (χ3n) is 5.20. The first-order chi connectivity index (χ1) is 11.5. The van der Waals surface area contributed by atoms with Gasteiger partial charge in [0.1, 0.15) is 11.6 Å². The molecular formula is C18H27Cl2F2N3O. The second-order valence-electron chi connectivity index (χ2n) is 6.98. The van der Waals surface area contributed by atoms with Crippen molar-refractivity contribution in [2.45, 2.75) is 50.7 Å². The van der Waals surface area contributed by atoms with Crippen LogP contribution < -0.4 is 11.1 Å². The molecule has 1 aromatic carbocycles. The van der Waals surface area contributed by atoms with Crippen LogP contribution in [0.4, 0.5) is 8.78 Å². The zero-order chi connectivity index (χ0) is 17.1. The van der Waals surface area contributed by atoms with E-state index >= 15 is 0 Å². The highest BCUT2D eigenvalue weighted by molar-refractivity contribution is 5.85. The minimum absolute atomic E-state index is 0. The lowest BCUT2D eigenvalue weighted by atomic mass is 10.0. The van der Waals surface area contributed by atoms with Crippen LogP contribution in [-0.4, -0.2) is 36.0 Å². The molecule has 2 fully saturated rings. The van der Waals surface area contributed by atoms with Crippen molar-refractivity contribution in [3.63, 3.8) is 0 Å². The molecule has 3 unspecified atom stereocenters. The smallest absolute Gasteiger partial charge is 0.224 e. The number of piperidine rings is 1. The molecule has 2 aliphatic rings. The first-order valence-corrected chi connectivity index (χ1v) is 8.76. The van der Waals surface area contributed by atoms with Gasteiger partial charge in [0.05, 0.1) is 5.92 Å². The van der Waals surface area contributed by atoms with Gasteiger partial charge in [-0.3, -0.25) is 9.69 Å². The monoisotopic (exact) mass is 409 g/mol. The van der Waals surface area contributed by atoms with Crippen LogP contribution in [0.3, 0.4) is 0 Å². The molecule has 0 spiro atoms. The number of likely N-dealkylation sites (tertiary alicyclic amines) is 1. The van der Waals surface area contributed by atoms with Crippen molar-refractivity contribution in [1.82, 2.24) is 10.2 Å². The quantitative estimate of drug-likeness (QED) is 0.803. The Kier molecular flexibility index (Phi) is 9.24. The number of hydrogen-bond acceptors (Lipinski definition) is 3. The predicted octanol–water partition coefficient (Wildman–Crippen LogP) is 3.02. The number of carbonyl (C=O) groups excluding carboxylic acids is 1. The average molecular weight is 410 g/mol. The Balaban J connectivity index is 0.00000169. The molecule has 3 rings (SSSR count). The summed E-state index contributed by atoms with van der Waals surface area (Å²) in [6.45, 7) is 1.62. The molecule has 4 nitrogen and oxygen atoms in total. The second-order valence-corrected chi connectivity index (χ2v) is 6.98. The van der Waals surface area contributed by atoms with Crippen molar-refractivity contribution in [1.29, 1.82) is 0 Å². The summed E-state index contributed by atoms with van der Waals surface area (Å²) in [5.41, 5.74) is 6.09. The van der Waals surface area contributed by atoms with Crippen LogP contribution in [0.1, 0.15) is 37.7 Å². The summed E-state index contributed by atoms with van der Waals surface area (Å²) < 4.78 is 27.6. The van der Waals surface area contributed by atoms with Gasteiger partial charge in [-0.1, -0.05) is 12.5 Å². The zero-order valence-electron chi connectivity index (χ0n) is 14.6. The number of nitrogens with one attached hydrogen (secondary N) is 1. The highest BCUT2D eigenvalue weighted by Crippen LogP contribution is 2.25. The zero-order valence-corrected chi connectivity index (χ0v) is 16.3. The maximum Gasteiger partial charge on any atom is 0.224 e. The van der Waals surface area contributed by atoms with E-state index in [-0.39, 0.29) is 60.8 Å². The molecular weight excluding hydrogens is 383 g/mol. The van der Waals surface area contributed by atoms with Crippen molar-refractivity contribution in [2.75, 3.05) is 13.1 Å². The molecule has 26 heavy (non-hydrogen) atoms. The summed E-state index contributed by atoms with van der Waals surface area (Å²) in [6.07, 6.45) is 4.55. The van der Waals surface area contributed by atoms with Gasteiger partial charge in [0.15, 0.2) is 0 Å². The van der Waals surface area contributed by atoms with Gasteiger partial charge in [-0.05, 0) is 44.4 Å². The SMILES string of the molecule is Cl.Cl.NC1CCCC1C(=O)NC1CCCN(Cc2c(F)cccc2F)C1. The topological polar surface area (TPSA) is 58.4 Å².